The topological polar surface area (TPSA) is 120 Å². The van der Waals surface area contributed by atoms with Gasteiger partial charge < -0.3 is 16.8 Å². The van der Waals surface area contributed by atoms with Gasteiger partial charge in [-0.3, -0.25) is 4.79 Å². The van der Waals surface area contributed by atoms with Gasteiger partial charge in [0.15, 0.2) is 5.16 Å². The number of hydrogen-bond donors (Lipinski definition) is 3. The first-order valence-electron chi connectivity index (χ1n) is 5.94. The standard InChI is InChI=1S/C12H13ClN6OS/c1-6(21-12-18-10(14)17-11(15)19-12)9(20)16-8-4-2-3-7(13)5-8/h2-6H,1H3,(H,16,20)(H4,14,15,17,18,19)/t6-/m1/s1. The van der Waals surface area contributed by atoms with E-state index in [1.165, 1.54) is 0 Å². The lowest BCUT2D eigenvalue weighted by molar-refractivity contribution is -0.115. The lowest BCUT2D eigenvalue weighted by Gasteiger charge is -2.11. The van der Waals surface area contributed by atoms with Gasteiger partial charge in [-0.1, -0.05) is 29.4 Å². The fourth-order valence-electron chi connectivity index (χ4n) is 1.46. The quantitative estimate of drug-likeness (QED) is 0.733. The molecule has 0 saturated heterocycles. The van der Waals surface area contributed by atoms with Gasteiger partial charge in [0.1, 0.15) is 0 Å². The van der Waals surface area contributed by atoms with Crippen molar-refractivity contribution in [2.45, 2.75) is 17.3 Å². The molecule has 2 aromatic rings. The van der Waals surface area contributed by atoms with E-state index in [-0.39, 0.29) is 17.8 Å². The van der Waals surface area contributed by atoms with Crippen molar-refractivity contribution >= 4 is 46.9 Å². The number of aromatic nitrogens is 3. The number of nitrogens with one attached hydrogen (secondary N) is 1. The summed E-state index contributed by atoms with van der Waals surface area (Å²) in [6, 6.07) is 6.89. The zero-order valence-corrected chi connectivity index (χ0v) is 12.6. The Kier molecular flexibility index (Phi) is 4.81. The van der Waals surface area contributed by atoms with Crippen LogP contribution in [0.15, 0.2) is 29.4 Å². The number of benzene rings is 1. The van der Waals surface area contributed by atoms with Gasteiger partial charge in [-0.05, 0) is 25.1 Å². The van der Waals surface area contributed by atoms with Crippen molar-refractivity contribution in [3.63, 3.8) is 0 Å². The van der Waals surface area contributed by atoms with Crippen LogP contribution < -0.4 is 16.8 Å². The molecular formula is C12H13ClN6OS. The molecule has 7 nitrogen and oxygen atoms in total. The molecule has 1 atom stereocenters. The van der Waals surface area contributed by atoms with E-state index in [2.05, 4.69) is 20.3 Å². The van der Waals surface area contributed by atoms with E-state index < -0.39 is 5.25 Å². The summed E-state index contributed by atoms with van der Waals surface area (Å²) in [7, 11) is 0. The SMILES string of the molecule is C[C@@H](Sc1nc(N)nc(N)n1)C(=O)Nc1cccc(Cl)c1. The monoisotopic (exact) mass is 324 g/mol. The number of halogens is 1. The second kappa shape index (κ2) is 6.59. The summed E-state index contributed by atoms with van der Waals surface area (Å²) in [5, 5.41) is 3.16. The molecule has 0 unspecified atom stereocenters. The first-order chi connectivity index (χ1) is 9.94. The molecule has 1 amide bonds. The van der Waals surface area contributed by atoms with Gasteiger partial charge in [0.05, 0.1) is 5.25 Å². The summed E-state index contributed by atoms with van der Waals surface area (Å²) in [5.41, 5.74) is 11.6. The maximum absolute atomic E-state index is 12.1. The minimum absolute atomic E-state index is 0.0208. The fraction of sp³-hybridized carbons (Fsp3) is 0.167. The van der Waals surface area contributed by atoms with Crippen molar-refractivity contribution in [1.82, 2.24) is 15.0 Å². The molecule has 0 radical (unpaired) electrons. The fourth-order valence-corrected chi connectivity index (χ4v) is 2.43. The van der Waals surface area contributed by atoms with Crippen molar-refractivity contribution in [2.24, 2.45) is 0 Å². The molecule has 1 heterocycles. The summed E-state index contributed by atoms with van der Waals surface area (Å²) < 4.78 is 0. The van der Waals surface area contributed by atoms with E-state index in [4.69, 9.17) is 23.1 Å². The van der Waals surface area contributed by atoms with E-state index >= 15 is 0 Å². The first-order valence-corrected chi connectivity index (χ1v) is 7.20. The van der Waals surface area contributed by atoms with Gasteiger partial charge in [-0.25, -0.2) is 0 Å². The number of hydrogen-bond acceptors (Lipinski definition) is 7. The lowest BCUT2D eigenvalue weighted by Crippen LogP contribution is -2.22. The average Bonchev–Trinajstić information content (AvgIpc) is 2.37. The Hall–Kier alpha value is -2.06. The number of rotatable bonds is 4. The summed E-state index contributed by atoms with van der Waals surface area (Å²) in [6.45, 7) is 1.72. The second-order valence-electron chi connectivity index (χ2n) is 4.09. The Morgan fingerprint density at radius 3 is 2.57 bits per heavy atom. The molecular weight excluding hydrogens is 312 g/mol. The van der Waals surface area contributed by atoms with Crippen molar-refractivity contribution in [1.29, 1.82) is 0 Å². The maximum Gasteiger partial charge on any atom is 0.237 e. The van der Waals surface area contributed by atoms with Crippen LogP contribution in [0.1, 0.15) is 6.92 Å². The van der Waals surface area contributed by atoms with Gasteiger partial charge >= 0.3 is 0 Å². The molecule has 1 aromatic carbocycles. The Labute approximate surface area is 130 Å². The van der Waals surface area contributed by atoms with E-state index in [9.17, 15) is 4.79 Å². The molecule has 0 aliphatic heterocycles. The number of anilines is 3. The molecule has 0 fully saturated rings. The van der Waals surface area contributed by atoms with E-state index in [1.807, 2.05) is 0 Å². The van der Waals surface area contributed by atoms with Gasteiger partial charge in [-0.2, -0.15) is 15.0 Å². The van der Waals surface area contributed by atoms with Crippen molar-refractivity contribution in [3.05, 3.63) is 29.3 Å². The Morgan fingerprint density at radius 2 is 1.95 bits per heavy atom. The third kappa shape index (κ3) is 4.47. The Morgan fingerprint density at radius 1 is 1.29 bits per heavy atom. The number of nitrogen functional groups attached to an aromatic ring is 2. The Balaban J connectivity index is 2.02. The van der Waals surface area contributed by atoms with Crippen LogP contribution in [0.2, 0.25) is 5.02 Å². The average molecular weight is 325 g/mol. The first kappa shape index (κ1) is 15.3. The van der Waals surface area contributed by atoms with E-state index in [1.54, 1.807) is 31.2 Å². The van der Waals surface area contributed by atoms with Crippen molar-refractivity contribution in [2.75, 3.05) is 16.8 Å². The molecule has 2 rings (SSSR count). The number of nitrogens with zero attached hydrogens (tertiary/aromatic N) is 3. The van der Waals surface area contributed by atoms with Gasteiger partial charge in [-0.15, -0.1) is 0 Å². The summed E-state index contributed by atoms with van der Waals surface area (Å²) in [6.07, 6.45) is 0. The zero-order chi connectivity index (χ0) is 15.4. The van der Waals surface area contributed by atoms with Crippen LogP contribution in [0.25, 0.3) is 0 Å². The Bertz CT molecular complexity index is 648. The normalized spacial score (nSPS) is 11.9. The highest BCUT2D eigenvalue weighted by atomic mass is 35.5. The third-order valence-electron chi connectivity index (χ3n) is 2.39. The van der Waals surface area contributed by atoms with Crippen LogP contribution >= 0.6 is 23.4 Å². The molecule has 0 bridgehead atoms. The maximum atomic E-state index is 12.1. The van der Waals surface area contributed by atoms with Crippen molar-refractivity contribution in [3.8, 4) is 0 Å². The molecule has 21 heavy (non-hydrogen) atoms. The second-order valence-corrected chi connectivity index (χ2v) is 5.84. The molecule has 9 heteroatoms. The van der Waals surface area contributed by atoms with E-state index in [0.29, 0.717) is 15.9 Å². The third-order valence-corrected chi connectivity index (χ3v) is 3.59. The summed E-state index contributed by atoms with van der Waals surface area (Å²) in [5.74, 6) is -0.167. The summed E-state index contributed by atoms with van der Waals surface area (Å²) >= 11 is 7.00. The van der Waals surface area contributed by atoms with Crippen LogP contribution in [0.5, 0.6) is 0 Å². The molecule has 0 aliphatic rings. The number of thioether (sulfide) groups is 1. The smallest absolute Gasteiger partial charge is 0.237 e. The number of carbonyl (C=O) groups is 1. The number of nitrogens with two attached hydrogens (primary N) is 2. The highest BCUT2D eigenvalue weighted by Crippen LogP contribution is 2.22. The highest BCUT2D eigenvalue weighted by molar-refractivity contribution is 8.00. The highest BCUT2D eigenvalue weighted by Gasteiger charge is 2.17. The molecule has 1 aromatic heterocycles. The van der Waals surface area contributed by atoms with E-state index in [0.717, 1.165) is 11.8 Å². The summed E-state index contributed by atoms with van der Waals surface area (Å²) in [4.78, 5) is 23.6. The van der Waals surface area contributed by atoms with Crippen LogP contribution in [0, 0.1) is 0 Å². The minimum atomic E-state index is -0.440. The van der Waals surface area contributed by atoms with Gasteiger partial charge in [0.25, 0.3) is 0 Å². The molecule has 110 valence electrons. The number of carbonyl (C=O) groups excluding carboxylic acids is 1. The zero-order valence-electron chi connectivity index (χ0n) is 11.1. The molecule has 0 saturated carbocycles. The number of amides is 1. The molecule has 5 N–H and O–H groups in total. The predicted octanol–water partition coefficient (Wildman–Crippen LogP) is 1.81. The largest absolute Gasteiger partial charge is 0.368 e. The molecule has 0 spiro atoms. The van der Waals surface area contributed by atoms with Crippen molar-refractivity contribution < 1.29 is 4.79 Å². The van der Waals surface area contributed by atoms with Crippen LogP contribution in [-0.2, 0) is 4.79 Å². The molecule has 0 aliphatic carbocycles. The minimum Gasteiger partial charge on any atom is -0.368 e. The predicted molar refractivity (Wildman–Crippen MR) is 84.1 cm³/mol. The van der Waals surface area contributed by atoms with Crippen LogP contribution in [0.4, 0.5) is 17.6 Å². The van der Waals surface area contributed by atoms with Crippen LogP contribution in [-0.4, -0.2) is 26.1 Å². The van der Waals surface area contributed by atoms with Crippen LogP contribution in [0.3, 0.4) is 0 Å². The lowest BCUT2D eigenvalue weighted by atomic mass is 10.3. The van der Waals surface area contributed by atoms with Gasteiger partial charge in [0, 0.05) is 10.7 Å². The van der Waals surface area contributed by atoms with Gasteiger partial charge in [0.2, 0.25) is 17.8 Å².